The van der Waals surface area contributed by atoms with Crippen LogP contribution in [0.5, 0.6) is 0 Å². The molecule has 0 amide bonds. The Hall–Kier alpha value is -1.03. The molecule has 2 unspecified atom stereocenters. The van der Waals surface area contributed by atoms with Gasteiger partial charge in [0.25, 0.3) is 0 Å². The zero-order valence-corrected chi connectivity index (χ0v) is 13.2. The molecule has 1 saturated heterocycles. The van der Waals surface area contributed by atoms with Gasteiger partial charge in [-0.15, -0.1) is 0 Å². The Morgan fingerprint density at radius 2 is 2.45 bits per heavy atom. The lowest BCUT2D eigenvalue weighted by molar-refractivity contribution is 0.242. The molecule has 2 atom stereocenters. The van der Waals surface area contributed by atoms with E-state index in [1.165, 1.54) is 42.6 Å². The Morgan fingerprint density at radius 3 is 3.25 bits per heavy atom. The molecule has 1 N–H and O–H groups in total. The second-order valence-electron chi connectivity index (χ2n) is 6.32. The minimum absolute atomic E-state index is 0.325. The molecule has 2 fully saturated rings. The Labute approximate surface area is 125 Å². The maximum Gasteiger partial charge on any atom is 0.157 e. The molecule has 0 bridgehead atoms. The maximum absolute atomic E-state index is 4.76. The van der Waals surface area contributed by atoms with Gasteiger partial charge >= 0.3 is 0 Å². The zero-order valence-electron chi connectivity index (χ0n) is 12.4. The van der Waals surface area contributed by atoms with Gasteiger partial charge in [-0.2, -0.15) is 0 Å². The van der Waals surface area contributed by atoms with Crippen LogP contribution in [0, 0.1) is 12.8 Å². The molecule has 1 aliphatic carbocycles. The zero-order chi connectivity index (χ0) is 14.0. The SMILES string of the molecule is Cc1ccncc1CN=C1NC2(CCCC(C)C2)CS1. The summed E-state index contributed by atoms with van der Waals surface area (Å²) >= 11 is 1.89. The molecule has 0 aromatic carbocycles. The fourth-order valence-corrected chi connectivity index (χ4v) is 4.51. The van der Waals surface area contributed by atoms with Crippen LogP contribution < -0.4 is 5.32 Å². The Morgan fingerprint density at radius 1 is 1.55 bits per heavy atom. The highest BCUT2D eigenvalue weighted by Crippen LogP contribution is 2.38. The van der Waals surface area contributed by atoms with Crippen molar-refractivity contribution in [1.82, 2.24) is 10.3 Å². The molecule has 2 aliphatic rings. The molecule has 1 saturated carbocycles. The van der Waals surface area contributed by atoms with E-state index in [-0.39, 0.29) is 0 Å². The third-order valence-corrected chi connectivity index (χ3v) is 5.69. The number of pyridine rings is 1. The summed E-state index contributed by atoms with van der Waals surface area (Å²) in [6.45, 7) is 5.23. The van der Waals surface area contributed by atoms with Crippen molar-refractivity contribution >= 4 is 16.9 Å². The predicted octanol–water partition coefficient (Wildman–Crippen LogP) is 3.53. The van der Waals surface area contributed by atoms with E-state index in [1.807, 2.05) is 24.2 Å². The Balaban J connectivity index is 1.65. The minimum atomic E-state index is 0.325. The summed E-state index contributed by atoms with van der Waals surface area (Å²) in [5.74, 6) is 2.03. The van der Waals surface area contributed by atoms with Crippen molar-refractivity contribution in [3.05, 3.63) is 29.6 Å². The summed E-state index contributed by atoms with van der Waals surface area (Å²) in [6.07, 6.45) is 9.10. The second-order valence-corrected chi connectivity index (χ2v) is 7.28. The number of hydrogen-bond acceptors (Lipinski definition) is 3. The largest absolute Gasteiger partial charge is 0.359 e. The van der Waals surface area contributed by atoms with Crippen molar-refractivity contribution in [2.45, 2.75) is 51.6 Å². The van der Waals surface area contributed by atoms with Crippen molar-refractivity contribution in [3.63, 3.8) is 0 Å². The summed E-state index contributed by atoms with van der Waals surface area (Å²) in [5.41, 5.74) is 2.82. The van der Waals surface area contributed by atoms with Crippen LogP contribution >= 0.6 is 11.8 Å². The van der Waals surface area contributed by atoms with Crippen molar-refractivity contribution in [2.75, 3.05) is 5.75 Å². The number of nitrogens with one attached hydrogen (secondary N) is 1. The van der Waals surface area contributed by atoms with Gasteiger partial charge in [-0.3, -0.25) is 9.98 Å². The molecule has 108 valence electrons. The molecular formula is C16H23N3S. The van der Waals surface area contributed by atoms with E-state index in [2.05, 4.69) is 30.2 Å². The third kappa shape index (κ3) is 3.00. The monoisotopic (exact) mass is 289 g/mol. The standard InChI is InChI=1S/C16H23N3S/c1-12-4-3-6-16(8-12)11-20-15(19-16)18-10-14-9-17-7-5-13(14)2/h5,7,9,12H,3-4,6,8,10-11H2,1-2H3,(H,18,19). The number of amidine groups is 1. The van der Waals surface area contributed by atoms with E-state index in [4.69, 9.17) is 4.99 Å². The number of aromatic nitrogens is 1. The highest BCUT2D eigenvalue weighted by molar-refractivity contribution is 8.14. The number of rotatable bonds is 2. The molecule has 3 nitrogen and oxygen atoms in total. The van der Waals surface area contributed by atoms with E-state index in [9.17, 15) is 0 Å². The summed E-state index contributed by atoms with van der Waals surface area (Å²) in [5, 5.41) is 4.85. The van der Waals surface area contributed by atoms with Gasteiger partial charge in [-0.25, -0.2) is 0 Å². The maximum atomic E-state index is 4.76. The summed E-state index contributed by atoms with van der Waals surface area (Å²) in [7, 11) is 0. The summed E-state index contributed by atoms with van der Waals surface area (Å²) in [6, 6.07) is 2.05. The first kappa shape index (κ1) is 13.9. The lowest BCUT2D eigenvalue weighted by Crippen LogP contribution is -2.47. The van der Waals surface area contributed by atoms with E-state index < -0.39 is 0 Å². The van der Waals surface area contributed by atoms with Crippen molar-refractivity contribution in [3.8, 4) is 0 Å². The molecule has 3 rings (SSSR count). The van der Waals surface area contributed by atoms with E-state index in [1.54, 1.807) is 0 Å². The van der Waals surface area contributed by atoms with Crippen LogP contribution in [0.2, 0.25) is 0 Å². The van der Waals surface area contributed by atoms with Gasteiger partial charge in [0.15, 0.2) is 5.17 Å². The molecular weight excluding hydrogens is 266 g/mol. The van der Waals surface area contributed by atoms with Gasteiger partial charge in [0.1, 0.15) is 0 Å². The minimum Gasteiger partial charge on any atom is -0.359 e. The first-order chi connectivity index (χ1) is 9.67. The molecule has 2 heterocycles. The fourth-order valence-electron chi connectivity index (χ4n) is 3.31. The second kappa shape index (κ2) is 5.76. The van der Waals surface area contributed by atoms with Gasteiger partial charge in [-0.05, 0) is 42.9 Å². The number of thioether (sulfide) groups is 1. The van der Waals surface area contributed by atoms with Crippen LogP contribution in [0.3, 0.4) is 0 Å². The van der Waals surface area contributed by atoms with E-state index >= 15 is 0 Å². The molecule has 0 radical (unpaired) electrons. The molecule has 4 heteroatoms. The highest BCUT2D eigenvalue weighted by atomic mass is 32.2. The average Bonchev–Trinajstić information content (AvgIpc) is 2.80. The highest BCUT2D eigenvalue weighted by Gasteiger charge is 2.40. The van der Waals surface area contributed by atoms with Crippen LogP contribution in [0.4, 0.5) is 0 Å². The average molecular weight is 289 g/mol. The first-order valence-electron chi connectivity index (χ1n) is 7.52. The Kier molecular flexibility index (Phi) is 4.01. The van der Waals surface area contributed by atoms with Crippen molar-refractivity contribution < 1.29 is 0 Å². The smallest absolute Gasteiger partial charge is 0.157 e. The predicted molar refractivity (Wildman–Crippen MR) is 86.1 cm³/mol. The topological polar surface area (TPSA) is 37.3 Å². The molecule has 1 aliphatic heterocycles. The normalized spacial score (nSPS) is 31.7. The Bertz CT molecular complexity index is 514. The third-order valence-electron chi connectivity index (χ3n) is 4.49. The van der Waals surface area contributed by atoms with Gasteiger partial charge in [0, 0.05) is 23.7 Å². The van der Waals surface area contributed by atoms with Crippen LogP contribution in [0.1, 0.15) is 43.7 Å². The molecule has 1 aromatic heterocycles. The van der Waals surface area contributed by atoms with Gasteiger partial charge in [0.05, 0.1) is 6.54 Å². The number of nitrogens with zero attached hydrogens (tertiary/aromatic N) is 2. The van der Waals surface area contributed by atoms with E-state index in [0.717, 1.165) is 17.6 Å². The molecule has 1 spiro atoms. The van der Waals surface area contributed by atoms with Crippen LogP contribution in [-0.2, 0) is 6.54 Å². The molecule has 20 heavy (non-hydrogen) atoms. The lowest BCUT2D eigenvalue weighted by Gasteiger charge is -2.36. The quantitative estimate of drug-likeness (QED) is 0.905. The first-order valence-corrected chi connectivity index (χ1v) is 8.50. The van der Waals surface area contributed by atoms with E-state index in [0.29, 0.717) is 5.54 Å². The fraction of sp³-hybridized carbons (Fsp3) is 0.625. The lowest BCUT2D eigenvalue weighted by atomic mass is 9.78. The molecule has 1 aromatic rings. The van der Waals surface area contributed by atoms with Crippen LogP contribution in [0.25, 0.3) is 0 Å². The summed E-state index contributed by atoms with van der Waals surface area (Å²) in [4.78, 5) is 8.94. The number of aliphatic imine (C=N–C) groups is 1. The number of hydrogen-bond donors (Lipinski definition) is 1. The summed E-state index contributed by atoms with van der Waals surface area (Å²) < 4.78 is 0. The van der Waals surface area contributed by atoms with Gasteiger partial charge in [0.2, 0.25) is 0 Å². The van der Waals surface area contributed by atoms with Crippen LogP contribution in [0.15, 0.2) is 23.5 Å². The van der Waals surface area contributed by atoms with Crippen molar-refractivity contribution in [2.24, 2.45) is 10.9 Å². The van der Waals surface area contributed by atoms with Gasteiger partial charge in [-0.1, -0.05) is 31.5 Å². The van der Waals surface area contributed by atoms with Crippen molar-refractivity contribution in [1.29, 1.82) is 0 Å². The number of aryl methyl sites for hydroxylation is 1. The van der Waals surface area contributed by atoms with Crippen LogP contribution in [-0.4, -0.2) is 21.4 Å². The van der Waals surface area contributed by atoms with Gasteiger partial charge < -0.3 is 5.32 Å².